The minimum Gasteiger partial charge on any atom is -0.347 e. The molecule has 2 aromatic carbocycles. The zero-order valence-corrected chi connectivity index (χ0v) is 15.5. The summed E-state index contributed by atoms with van der Waals surface area (Å²) in [4.78, 5) is 20.5. The van der Waals surface area contributed by atoms with Crippen LogP contribution in [0.15, 0.2) is 54.9 Å². The molecule has 0 atom stereocenters. The first kappa shape index (κ1) is 18.2. The standard InChI is InChI=1S/C19H16Cl2N4O/c1-12-2-4-13(5-3-12)9-24-19(26)17-10-23-18(11-22-17)25-16-7-14(20)6-15(21)8-16/h2-8,10-11H,9H2,1H3,(H,23,25)(H,24,26). The number of benzene rings is 2. The summed E-state index contributed by atoms with van der Waals surface area (Å²) >= 11 is 11.9. The SMILES string of the molecule is Cc1ccc(CNC(=O)c2cnc(Nc3cc(Cl)cc(Cl)c3)cn2)cc1. The van der Waals surface area contributed by atoms with Crippen molar-refractivity contribution in [1.29, 1.82) is 0 Å². The number of carbonyl (C=O) groups excluding carboxylic acids is 1. The molecular formula is C19H16Cl2N4O. The van der Waals surface area contributed by atoms with Crippen molar-refractivity contribution in [2.24, 2.45) is 0 Å². The number of aromatic nitrogens is 2. The lowest BCUT2D eigenvalue weighted by molar-refractivity contribution is 0.0945. The number of nitrogens with zero attached hydrogens (tertiary/aromatic N) is 2. The molecule has 0 aliphatic heterocycles. The molecule has 3 rings (SSSR count). The van der Waals surface area contributed by atoms with E-state index in [2.05, 4.69) is 20.6 Å². The van der Waals surface area contributed by atoms with Crippen molar-refractivity contribution in [3.05, 3.63) is 81.7 Å². The molecule has 0 aliphatic carbocycles. The topological polar surface area (TPSA) is 66.9 Å². The van der Waals surface area contributed by atoms with Crippen LogP contribution < -0.4 is 10.6 Å². The number of rotatable bonds is 5. The van der Waals surface area contributed by atoms with Gasteiger partial charge >= 0.3 is 0 Å². The molecule has 0 aliphatic rings. The first-order valence-electron chi connectivity index (χ1n) is 7.88. The van der Waals surface area contributed by atoms with Gasteiger partial charge < -0.3 is 10.6 Å². The molecule has 1 amide bonds. The molecule has 0 spiro atoms. The fourth-order valence-electron chi connectivity index (χ4n) is 2.26. The smallest absolute Gasteiger partial charge is 0.271 e. The number of carbonyl (C=O) groups is 1. The zero-order valence-electron chi connectivity index (χ0n) is 14.0. The second-order valence-corrected chi connectivity index (χ2v) is 6.61. The Morgan fingerprint density at radius 1 is 1.00 bits per heavy atom. The summed E-state index contributed by atoms with van der Waals surface area (Å²) in [7, 11) is 0. The second kappa shape index (κ2) is 8.17. The van der Waals surface area contributed by atoms with Crippen LogP contribution in [-0.4, -0.2) is 15.9 Å². The van der Waals surface area contributed by atoms with Crippen molar-refractivity contribution in [1.82, 2.24) is 15.3 Å². The Morgan fingerprint density at radius 2 is 1.69 bits per heavy atom. The van der Waals surface area contributed by atoms with Crippen LogP contribution in [0, 0.1) is 6.92 Å². The summed E-state index contributed by atoms with van der Waals surface area (Å²) < 4.78 is 0. The molecule has 0 fully saturated rings. The molecule has 0 unspecified atom stereocenters. The Hall–Kier alpha value is -2.63. The quantitative estimate of drug-likeness (QED) is 0.662. The Kier molecular flexibility index (Phi) is 5.71. The molecule has 132 valence electrons. The van der Waals surface area contributed by atoms with Crippen molar-refractivity contribution in [2.45, 2.75) is 13.5 Å². The van der Waals surface area contributed by atoms with Crippen LogP contribution in [0.3, 0.4) is 0 Å². The summed E-state index contributed by atoms with van der Waals surface area (Å²) in [5.41, 5.74) is 3.13. The maximum Gasteiger partial charge on any atom is 0.271 e. The van der Waals surface area contributed by atoms with Gasteiger partial charge in [-0.2, -0.15) is 0 Å². The first-order chi connectivity index (χ1) is 12.5. The predicted octanol–water partition coefficient (Wildman–Crippen LogP) is 4.77. The highest BCUT2D eigenvalue weighted by Crippen LogP contribution is 2.24. The van der Waals surface area contributed by atoms with E-state index >= 15 is 0 Å². The molecule has 26 heavy (non-hydrogen) atoms. The summed E-state index contributed by atoms with van der Waals surface area (Å²) in [5.74, 6) is 0.203. The number of aryl methyl sites for hydroxylation is 1. The van der Waals surface area contributed by atoms with E-state index in [0.717, 1.165) is 5.56 Å². The molecule has 0 bridgehead atoms. The molecule has 1 heterocycles. The van der Waals surface area contributed by atoms with Crippen LogP contribution in [0.4, 0.5) is 11.5 Å². The van der Waals surface area contributed by atoms with Gasteiger partial charge in [-0.1, -0.05) is 53.0 Å². The number of nitrogens with one attached hydrogen (secondary N) is 2. The third-order valence-electron chi connectivity index (χ3n) is 3.59. The number of hydrogen-bond acceptors (Lipinski definition) is 4. The van der Waals surface area contributed by atoms with E-state index in [1.54, 1.807) is 18.2 Å². The highest BCUT2D eigenvalue weighted by Gasteiger charge is 2.08. The first-order valence-corrected chi connectivity index (χ1v) is 8.64. The van der Waals surface area contributed by atoms with Crippen LogP contribution in [0.2, 0.25) is 10.0 Å². The lowest BCUT2D eigenvalue weighted by atomic mass is 10.1. The van der Waals surface area contributed by atoms with Crippen molar-refractivity contribution in [3.8, 4) is 0 Å². The molecule has 1 aromatic heterocycles. The van der Waals surface area contributed by atoms with Gasteiger partial charge in [-0.05, 0) is 30.7 Å². The van der Waals surface area contributed by atoms with Crippen LogP contribution in [0.5, 0.6) is 0 Å². The van der Waals surface area contributed by atoms with E-state index in [0.29, 0.717) is 28.1 Å². The Bertz CT molecular complexity index is 892. The number of halogens is 2. The normalized spacial score (nSPS) is 10.4. The lowest BCUT2D eigenvalue weighted by Crippen LogP contribution is -2.24. The third-order valence-corrected chi connectivity index (χ3v) is 4.03. The molecule has 0 saturated heterocycles. The third kappa shape index (κ3) is 4.94. The lowest BCUT2D eigenvalue weighted by Gasteiger charge is -2.08. The average molecular weight is 387 g/mol. The van der Waals surface area contributed by atoms with E-state index in [4.69, 9.17) is 23.2 Å². The monoisotopic (exact) mass is 386 g/mol. The highest BCUT2D eigenvalue weighted by molar-refractivity contribution is 6.35. The predicted molar refractivity (Wildman–Crippen MR) is 104 cm³/mol. The summed E-state index contributed by atoms with van der Waals surface area (Å²) in [5, 5.41) is 6.89. The maximum absolute atomic E-state index is 12.2. The van der Waals surface area contributed by atoms with Crippen molar-refractivity contribution < 1.29 is 4.79 Å². The van der Waals surface area contributed by atoms with Gasteiger partial charge in [-0.15, -0.1) is 0 Å². The highest BCUT2D eigenvalue weighted by atomic mass is 35.5. The van der Waals surface area contributed by atoms with E-state index < -0.39 is 0 Å². The van der Waals surface area contributed by atoms with Crippen LogP contribution in [0.25, 0.3) is 0 Å². The molecule has 0 saturated carbocycles. The van der Waals surface area contributed by atoms with Crippen LogP contribution in [-0.2, 0) is 6.54 Å². The summed E-state index contributed by atoms with van der Waals surface area (Å²) in [6.07, 6.45) is 2.90. The molecular weight excluding hydrogens is 371 g/mol. The Labute approximate surface area is 161 Å². The number of anilines is 2. The average Bonchev–Trinajstić information content (AvgIpc) is 2.61. The fraction of sp³-hybridized carbons (Fsp3) is 0.105. The summed E-state index contributed by atoms with van der Waals surface area (Å²) in [6.45, 7) is 2.45. The van der Waals surface area contributed by atoms with Gasteiger partial charge in [-0.25, -0.2) is 9.97 Å². The van der Waals surface area contributed by atoms with Gasteiger partial charge in [0.1, 0.15) is 11.5 Å². The van der Waals surface area contributed by atoms with E-state index in [9.17, 15) is 4.79 Å². The van der Waals surface area contributed by atoms with Crippen molar-refractivity contribution in [2.75, 3.05) is 5.32 Å². The van der Waals surface area contributed by atoms with Gasteiger partial charge in [0.15, 0.2) is 0 Å². The minimum absolute atomic E-state index is 0.242. The van der Waals surface area contributed by atoms with E-state index in [1.165, 1.54) is 18.0 Å². The molecule has 3 aromatic rings. The second-order valence-electron chi connectivity index (χ2n) is 5.74. The molecule has 5 nitrogen and oxygen atoms in total. The number of amides is 1. The van der Waals surface area contributed by atoms with Crippen molar-refractivity contribution in [3.63, 3.8) is 0 Å². The van der Waals surface area contributed by atoms with Crippen molar-refractivity contribution >= 4 is 40.6 Å². The zero-order chi connectivity index (χ0) is 18.5. The van der Waals surface area contributed by atoms with E-state index in [-0.39, 0.29) is 11.6 Å². The molecule has 2 N–H and O–H groups in total. The Balaban J connectivity index is 1.61. The maximum atomic E-state index is 12.2. The minimum atomic E-state index is -0.282. The molecule has 7 heteroatoms. The molecule has 0 radical (unpaired) electrons. The van der Waals surface area contributed by atoms with Gasteiger partial charge in [0.2, 0.25) is 0 Å². The fourth-order valence-corrected chi connectivity index (χ4v) is 2.79. The van der Waals surface area contributed by atoms with Gasteiger partial charge in [0.25, 0.3) is 5.91 Å². The van der Waals surface area contributed by atoms with E-state index in [1.807, 2.05) is 31.2 Å². The number of hydrogen-bond donors (Lipinski definition) is 2. The Morgan fingerprint density at radius 3 is 2.31 bits per heavy atom. The van der Waals surface area contributed by atoms with Gasteiger partial charge in [-0.3, -0.25) is 4.79 Å². The van der Waals surface area contributed by atoms with Gasteiger partial charge in [0, 0.05) is 22.3 Å². The van der Waals surface area contributed by atoms with Crippen LogP contribution >= 0.6 is 23.2 Å². The van der Waals surface area contributed by atoms with Crippen LogP contribution in [0.1, 0.15) is 21.6 Å². The largest absolute Gasteiger partial charge is 0.347 e. The summed E-state index contributed by atoms with van der Waals surface area (Å²) in [6, 6.07) is 13.0. The van der Waals surface area contributed by atoms with Gasteiger partial charge in [0.05, 0.1) is 12.4 Å².